The van der Waals surface area contributed by atoms with Crippen molar-refractivity contribution in [2.75, 3.05) is 6.61 Å². The lowest BCUT2D eigenvalue weighted by atomic mass is 10.1. The first-order valence-electron chi connectivity index (χ1n) is 5.72. The molecule has 2 rings (SSSR count). The lowest BCUT2D eigenvalue weighted by molar-refractivity contribution is -0.117. The van der Waals surface area contributed by atoms with E-state index in [1.807, 2.05) is 0 Å². The number of benzene rings is 1. The molecule has 0 spiro atoms. The summed E-state index contributed by atoms with van der Waals surface area (Å²) in [7, 11) is 0. The first kappa shape index (κ1) is 12.4. The summed E-state index contributed by atoms with van der Waals surface area (Å²) in [6, 6.07) is 5.19. The minimum Gasteiger partial charge on any atom is -0.493 e. The molecule has 17 heavy (non-hydrogen) atoms. The maximum absolute atomic E-state index is 11.1. The van der Waals surface area contributed by atoms with Crippen molar-refractivity contribution in [1.29, 1.82) is 0 Å². The maximum atomic E-state index is 11.1. The summed E-state index contributed by atoms with van der Waals surface area (Å²) in [5.74, 6) is 1.29. The molecule has 0 bridgehead atoms. The fourth-order valence-electron chi connectivity index (χ4n) is 2.04. The summed E-state index contributed by atoms with van der Waals surface area (Å²) >= 11 is 5.90. The highest BCUT2D eigenvalue weighted by Crippen LogP contribution is 2.25. The van der Waals surface area contributed by atoms with Gasteiger partial charge in [0.2, 0.25) is 0 Å². The van der Waals surface area contributed by atoms with Crippen LogP contribution < -0.4 is 4.74 Å². The van der Waals surface area contributed by atoms with Gasteiger partial charge in [0.15, 0.2) is 0 Å². The summed E-state index contributed by atoms with van der Waals surface area (Å²) in [5.41, 5.74) is 0.731. The molecule has 1 aliphatic rings. The topological polar surface area (TPSA) is 46.5 Å². The second-order valence-electron chi connectivity index (χ2n) is 4.41. The Morgan fingerprint density at radius 3 is 2.88 bits per heavy atom. The fraction of sp³-hybridized carbons (Fsp3) is 0.462. The second-order valence-corrected chi connectivity index (χ2v) is 4.85. The Balaban J connectivity index is 1.94. The minimum atomic E-state index is -0.0567. The molecule has 1 aromatic rings. The molecule has 0 aromatic heterocycles. The number of carbonyl (C=O) groups is 1. The molecular formula is C13H15ClO3. The molecule has 92 valence electrons. The van der Waals surface area contributed by atoms with Crippen LogP contribution in [0.1, 0.15) is 24.8 Å². The van der Waals surface area contributed by atoms with Crippen LogP contribution in [0.25, 0.3) is 0 Å². The van der Waals surface area contributed by atoms with Crippen molar-refractivity contribution < 1.29 is 14.6 Å². The number of rotatable bonds is 4. The number of hydrogen-bond acceptors (Lipinski definition) is 3. The predicted molar refractivity (Wildman–Crippen MR) is 65.2 cm³/mol. The third kappa shape index (κ3) is 3.45. The SMILES string of the molecule is O=C1CCC(COc2cc(Cl)cc(CO)c2)C1. The van der Waals surface area contributed by atoms with Crippen molar-refractivity contribution in [3.8, 4) is 5.75 Å². The number of carbonyl (C=O) groups excluding carboxylic acids is 1. The van der Waals surface area contributed by atoms with Crippen LogP contribution in [0.4, 0.5) is 0 Å². The highest BCUT2D eigenvalue weighted by Gasteiger charge is 2.22. The Hall–Kier alpha value is -1.06. The summed E-state index contributed by atoms with van der Waals surface area (Å²) in [6.07, 6.45) is 2.20. The molecule has 1 fully saturated rings. The average molecular weight is 255 g/mol. The van der Waals surface area contributed by atoms with Gasteiger partial charge in [-0.2, -0.15) is 0 Å². The first-order valence-corrected chi connectivity index (χ1v) is 6.10. The Morgan fingerprint density at radius 2 is 2.24 bits per heavy atom. The lowest BCUT2D eigenvalue weighted by Crippen LogP contribution is -2.09. The lowest BCUT2D eigenvalue weighted by Gasteiger charge is -2.11. The van der Waals surface area contributed by atoms with Gasteiger partial charge in [0, 0.05) is 23.8 Å². The predicted octanol–water partition coefficient (Wildman–Crippen LogP) is 2.58. The molecule has 1 N–H and O–H groups in total. The molecule has 0 radical (unpaired) electrons. The third-order valence-corrected chi connectivity index (χ3v) is 3.17. The molecule has 0 heterocycles. The summed E-state index contributed by atoms with van der Waals surface area (Å²) in [6.45, 7) is 0.482. The van der Waals surface area contributed by atoms with Gasteiger partial charge in [-0.1, -0.05) is 11.6 Å². The van der Waals surface area contributed by atoms with Crippen LogP contribution in [0.15, 0.2) is 18.2 Å². The van der Waals surface area contributed by atoms with Crippen molar-refractivity contribution in [3.63, 3.8) is 0 Å². The van der Waals surface area contributed by atoms with E-state index >= 15 is 0 Å². The normalized spacial score (nSPS) is 19.6. The van der Waals surface area contributed by atoms with Crippen LogP contribution in [0.3, 0.4) is 0 Å². The summed E-state index contributed by atoms with van der Waals surface area (Å²) < 4.78 is 5.61. The van der Waals surface area contributed by atoms with E-state index in [0.717, 1.165) is 12.0 Å². The highest BCUT2D eigenvalue weighted by atomic mass is 35.5. The van der Waals surface area contributed by atoms with Crippen LogP contribution in [0.2, 0.25) is 5.02 Å². The van der Waals surface area contributed by atoms with E-state index in [1.165, 1.54) is 0 Å². The van der Waals surface area contributed by atoms with Gasteiger partial charge in [-0.15, -0.1) is 0 Å². The highest BCUT2D eigenvalue weighted by molar-refractivity contribution is 6.30. The van der Waals surface area contributed by atoms with Gasteiger partial charge >= 0.3 is 0 Å². The zero-order valence-electron chi connectivity index (χ0n) is 9.49. The van der Waals surface area contributed by atoms with Gasteiger partial charge in [-0.05, 0) is 30.2 Å². The summed E-state index contributed by atoms with van der Waals surface area (Å²) in [5, 5.41) is 9.59. The van der Waals surface area contributed by atoms with Crippen LogP contribution >= 0.6 is 11.6 Å². The molecule has 1 unspecified atom stereocenters. The van der Waals surface area contributed by atoms with Gasteiger partial charge in [0.1, 0.15) is 11.5 Å². The molecular weight excluding hydrogens is 240 g/mol. The summed E-state index contributed by atoms with van der Waals surface area (Å²) in [4.78, 5) is 11.1. The minimum absolute atomic E-state index is 0.0567. The largest absolute Gasteiger partial charge is 0.493 e. The second kappa shape index (κ2) is 5.52. The number of halogens is 1. The zero-order chi connectivity index (χ0) is 12.3. The van der Waals surface area contributed by atoms with Crippen LogP contribution in [-0.2, 0) is 11.4 Å². The Morgan fingerprint density at radius 1 is 1.41 bits per heavy atom. The molecule has 4 heteroatoms. The zero-order valence-corrected chi connectivity index (χ0v) is 10.2. The number of Topliss-reactive ketones (excluding diaryl/α,β-unsaturated/α-hetero) is 1. The Kier molecular flexibility index (Phi) is 4.02. The van der Waals surface area contributed by atoms with Gasteiger partial charge in [-0.25, -0.2) is 0 Å². The Labute approximate surface area is 105 Å². The fourth-order valence-corrected chi connectivity index (χ4v) is 2.29. The van der Waals surface area contributed by atoms with Gasteiger partial charge in [0.05, 0.1) is 13.2 Å². The van der Waals surface area contributed by atoms with E-state index < -0.39 is 0 Å². The monoisotopic (exact) mass is 254 g/mol. The van der Waals surface area contributed by atoms with Crippen molar-refractivity contribution in [2.24, 2.45) is 5.92 Å². The van der Waals surface area contributed by atoms with Crippen LogP contribution in [-0.4, -0.2) is 17.5 Å². The number of hydrogen-bond donors (Lipinski definition) is 1. The number of ether oxygens (including phenoxy) is 1. The van der Waals surface area contributed by atoms with E-state index in [9.17, 15) is 4.79 Å². The molecule has 0 aliphatic heterocycles. The van der Waals surface area contributed by atoms with Crippen molar-refractivity contribution >= 4 is 17.4 Å². The first-order chi connectivity index (χ1) is 8.17. The van der Waals surface area contributed by atoms with E-state index in [-0.39, 0.29) is 6.61 Å². The van der Waals surface area contributed by atoms with E-state index in [0.29, 0.717) is 41.9 Å². The van der Waals surface area contributed by atoms with Crippen molar-refractivity contribution in [3.05, 3.63) is 28.8 Å². The molecule has 3 nitrogen and oxygen atoms in total. The van der Waals surface area contributed by atoms with Crippen LogP contribution in [0.5, 0.6) is 5.75 Å². The molecule has 0 saturated heterocycles. The average Bonchev–Trinajstić information content (AvgIpc) is 2.72. The van der Waals surface area contributed by atoms with Crippen LogP contribution in [0, 0.1) is 5.92 Å². The quantitative estimate of drug-likeness (QED) is 0.898. The molecule has 1 saturated carbocycles. The number of ketones is 1. The number of aliphatic hydroxyl groups excluding tert-OH is 1. The van der Waals surface area contributed by atoms with Gasteiger partial charge < -0.3 is 9.84 Å². The van der Waals surface area contributed by atoms with Gasteiger partial charge in [-0.3, -0.25) is 4.79 Å². The standard InChI is InChI=1S/C13H15ClO3/c14-11-3-10(7-15)5-13(6-11)17-8-9-1-2-12(16)4-9/h3,5-6,9,15H,1-2,4,7-8H2. The van der Waals surface area contributed by atoms with Crippen molar-refractivity contribution in [2.45, 2.75) is 25.9 Å². The van der Waals surface area contributed by atoms with Crippen molar-refractivity contribution in [1.82, 2.24) is 0 Å². The molecule has 1 atom stereocenters. The maximum Gasteiger partial charge on any atom is 0.133 e. The Bertz CT molecular complexity index is 417. The molecule has 1 aliphatic carbocycles. The smallest absolute Gasteiger partial charge is 0.133 e. The van der Waals surface area contributed by atoms with Gasteiger partial charge in [0.25, 0.3) is 0 Å². The molecule has 1 aromatic carbocycles. The third-order valence-electron chi connectivity index (χ3n) is 2.95. The van der Waals surface area contributed by atoms with E-state index in [4.69, 9.17) is 21.4 Å². The van der Waals surface area contributed by atoms with E-state index in [2.05, 4.69) is 0 Å². The molecule has 0 amide bonds. The number of aliphatic hydroxyl groups is 1. The van der Waals surface area contributed by atoms with E-state index in [1.54, 1.807) is 18.2 Å².